The van der Waals surface area contributed by atoms with Crippen molar-refractivity contribution in [1.82, 2.24) is 9.88 Å². The number of likely N-dealkylation sites (N-methyl/N-ethyl adjacent to an activating group) is 1. The van der Waals surface area contributed by atoms with Crippen molar-refractivity contribution in [3.8, 4) is 0 Å². The molecule has 1 aromatic rings. The fourth-order valence-electron chi connectivity index (χ4n) is 1.47. The van der Waals surface area contributed by atoms with E-state index in [4.69, 9.17) is 0 Å². The van der Waals surface area contributed by atoms with Crippen molar-refractivity contribution in [3.05, 3.63) is 41.6 Å². The standard InChI is InChI=1S/C11H15BF3N2.K/c1-9(12(13,14)15)7-17(3)8-11-6-4-5-10(2)16-11;/h4-6H,1,7-8H2,2-3H3;/q-1;+1. The number of rotatable bonds is 5. The van der Waals surface area contributed by atoms with Crippen LogP contribution in [0.4, 0.5) is 12.9 Å². The number of aryl methyl sites for hydroxylation is 1. The summed E-state index contributed by atoms with van der Waals surface area (Å²) in [5, 5.41) is 0. The van der Waals surface area contributed by atoms with E-state index >= 15 is 0 Å². The topological polar surface area (TPSA) is 16.1 Å². The second-order valence-electron chi connectivity index (χ2n) is 4.18. The van der Waals surface area contributed by atoms with Gasteiger partial charge in [0.25, 0.3) is 0 Å². The van der Waals surface area contributed by atoms with Crippen LogP contribution in [0.2, 0.25) is 0 Å². The second-order valence-corrected chi connectivity index (χ2v) is 4.18. The molecule has 18 heavy (non-hydrogen) atoms. The third kappa shape index (κ3) is 6.49. The molecule has 2 nitrogen and oxygen atoms in total. The minimum Gasteiger partial charge on any atom is -0.445 e. The molecule has 7 heteroatoms. The van der Waals surface area contributed by atoms with Crippen LogP contribution < -0.4 is 51.4 Å². The monoisotopic (exact) mass is 282 g/mol. The molecule has 0 spiro atoms. The third-order valence-corrected chi connectivity index (χ3v) is 2.31. The van der Waals surface area contributed by atoms with E-state index in [9.17, 15) is 12.9 Å². The quantitative estimate of drug-likeness (QED) is 0.694. The summed E-state index contributed by atoms with van der Waals surface area (Å²) in [6.45, 7) is 0.167. The van der Waals surface area contributed by atoms with Crippen LogP contribution >= 0.6 is 0 Å². The van der Waals surface area contributed by atoms with E-state index in [2.05, 4.69) is 11.6 Å². The first-order valence-electron chi connectivity index (χ1n) is 5.27. The Morgan fingerprint density at radius 3 is 2.50 bits per heavy atom. The van der Waals surface area contributed by atoms with Gasteiger partial charge in [-0.15, -0.1) is 12.1 Å². The van der Waals surface area contributed by atoms with Crippen molar-refractivity contribution >= 4 is 6.98 Å². The molecule has 0 saturated carbocycles. The fraction of sp³-hybridized carbons (Fsp3) is 0.364. The summed E-state index contributed by atoms with van der Waals surface area (Å²) < 4.78 is 37.0. The number of hydrogen-bond acceptors (Lipinski definition) is 2. The summed E-state index contributed by atoms with van der Waals surface area (Å²) >= 11 is 0. The molecule has 0 aromatic carbocycles. The molecular weight excluding hydrogens is 267 g/mol. The van der Waals surface area contributed by atoms with E-state index in [0.717, 1.165) is 11.4 Å². The molecule has 0 radical (unpaired) electrons. The van der Waals surface area contributed by atoms with Gasteiger partial charge in [0, 0.05) is 12.2 Å². The maximum absolute atomic E-state index is 12.3. The first-order chi connectivity index (χ1) is 7.79. The maximum Gasteiger partial charge on any atom is 1.00 e. The molecule has 94 valence electrons. The van der Waals surface area contributed by atoms with Gasteiger partial charge >= 0.3 is 58.4 Å². The number of pyridine rings is 1. The molecule has 0 amide bonds. The Labute approximate surface area is 148 Å². The Morgan fingerprint density at radius 1 is 1.39 bits per heavy atom. The first kappa shape index (κ1) is 18.3. The van der Waals surface area contributed by atoms with Crippen molar-refractivity contribution in [3.63, 3.8) is 0 Å². The van der Waals surface area contributed by atoms with Crippen molar-refractivity contribution in [2.75, 3.05) is 13.6 Å². The average molecular weight is 282 g/mol. The van der Waals surface area contributed by atoms with Crippen molar-refractivity contribution in [2.24, 2.45) is 0 Å². The van der Waals surface area contributed by atoms with E-state index in [0.29, 0.717) is 6.54 Å². The first-order valence-corrected chi connectivity index (χ1v) is 5.27. The molecule has 0 bridgehead atoms. The SMILES string of the molecule is C=C(CN(C)Cc1cccc(C)n1)[B-](F)(F)F.[K+]. The van der Waals surface area contributed by atoms with E-state index in [1.807, 2.05) is 19.1 Å². The summed E-state index contributed by atoms with van der Waals surface area (Å²) in [4.78, 5) is 5.79. The number of aromatic nitrogens is 1. The van der Waals surface area contributed by atoms with E-state index < -0.39 is 12.4 Å². The molecule has 0 aliphatic heterocycles. The van der Waals surface area contributed by atoms with Gasteiger partial charge in [0.2, 0.25) is 0 Å². The van der Waals surface area contributed by atoms with Crippen LogP contribution in [0.15, 0.2) is 30.3 Å². The Kier molecular flexibility index (Phi) is 7.96. The van der Waals surface area contributed by atoms with Gasteiger partial charge in [0.1, 0.15) is 0 Å². The summed E-state index contributed by atoms with van der Waals surface area (Å²) in [6.07, 6.45) is 0. The molecule has 0 saturated heterocycles. The van der Waals surface area contributed by atoms with Gasteiger partial charge in [-0.3, -0.25) is 9.88 Å². The zero-order valence-electron chi connectivity index (χ0n) is 11.0. The summed E-state index contributed by atoms with van der Waals surface area (Å²) in [6, 6.07) is 5.49. The number of hydrogen-bond donors (Lipinski definition) is 0. The molecular formula is C11H15BF3KN2. The average Bonchev–Trinajstić information content (AvgIpc) is 2.15. The number of nitrogens with zero attached hydrogens (tertiary/aromatic N) is 2. The molecule has 1 aromatic heterocycles. The predicted octanol–water partition coefficient (Wildman–Crippen LogP) is -0.231. The van der Waals surface area contributed by atoms with E-state index in [1.165, 1.54) is 0 Å². The Morgan fingerprint density at radius 2 is 2.00 bits per heavy atom. The third-order valence-electron chi connectivity index (χ3n) is 2.31. The van der Waals surface area contributed by atoms with Crippen LogP contribution in [0.3, 0.4) is 0 Å². The van der Waals surface area contributed by atoms with Crippen LogP contribution in [0.5, 0.6) is 0 Å². The molecule has 0 unspecified atom stereocenters. The van der Waals surface area contributed by atoms with Crippen molar-refractivity contribution < 1.29 is 64.3 Å². The summed E-state index contributed by atoms with van der Waals surface area (Å²) in [7, 11) is 1.62. The molecule has 0 atom stereocenters. The van der Waals surface area contributed by atoms with Crippen molar-refractivity contribution in [1.29, 1.82) is 0 Å². The van der Waals surface area contributed by atoms with Crippen LogP contribution in [-0.4, -0.2) is 30.5 Å². The van der Waals surface area contributed by atoms with Gasteiger partial charge in [-0.05, 0) is 32.6 Å². The van der Waals surface area contributed by atoms with Crippen LogP contribution in [0.25, 0.3) is 0 Å². The normalized spacial score (nSPS) is 11.2. The largest absolute Gasteiger partial charge is 1.00 e. The minimum absolute atomic E-state index is 0. The molecule has 1 rings (SSSR count). The smallest absolute Gasteiger partial charge is 0.445 e. The van der Waals surface area contributed by atoms with Crippen molar-refractivity contribution in [2.45, 2.75) is 13.5 Å². The zero-order valence-corrected chi connectivity index (χ0v) is 14.1. The summed E-state index contributed by atoms with van der Waals surface area (Å²) in [5.74, 6) is 0. The van der Waals surface area contributed by atoms with Crippen LogP contribution in [0.1, 0.15) is 11.4 Å². The van der Waals surface area contributed by atoms with Gasteiger partial charge in [0.15, 0.2) is 0 Å². The van der Waals surface area contributed by atoms with Gasteiger partial charge in [-0.25, -0.2) is 0 Å². The predicted molar refractivity (Wildman–Crippen MR) is 63.5 cm³/mol. The molecule has 0 aliphatic carbocycles. The van der Waals surface area contributed by atoms with Crippen LogP contribution in [-0.2, 0) is 6.54 Å². The van der Waals surface area contributed by atoms with E-state index in [1.54, 1.807) is 18.0 Å². The molecule has 1 heterocycles. The van der Waals surface area contributed by atoms with E-state index in [-0.39, 0.29) is 57.9 Å². The Bertz CT molecular complexity index is 410. The minimum atomic E-state index is -4.95. The molecule has 0 aliphatic rings. The molecule has 0 N–H and O–H groups in total. The fourth-order valence-corrected chi connectivity index (χ4v) is 1.47. The van der Waals surface area contributed by atoms with Gasteiger partial charge in [0.05, 0.1) is 5.69 Å². The Balaban J connectivity index is 0.00000289. The maximum atomic E-state index is 12.3. The summed E-state index contributed by atoms with van der Waals surface area (Å²) in [5.41, 5.74) is 0.935. The number of halogens is 3. The molecule has 0 fully saturated rings. The van der Waals surface area contributed by atoms with Gasteiger partial charge < -0.3 is 12.9 Å². The van der Waals surface area contributed by atoms with Gasteiger partial charge in [-0.1, -0.05) is 6.07 Å². The Hall–Kier alpha value is 0.341. The van der Waals surface area contributed by atoms with Crippen LogP contribution in [0, 0.1) is 6.92 Å². The second kappa shape index (κ2) is 7.82. The van der Waals surface area contributed by atoms with Gasteiger partial charge in [-0.2, -0.15) is 0 Å². The zero-order chi connectivity index (χ0) is 13.1.